The van der Waals surface area contributed by atoms with E-state index in [1.165, 1.54) is 41.0 Å². The van der Waals surface area contributed by atoms with E-state index in [4.69, 9.17) is 9.84 Å². The molecule has 29 heavy (non-hydrogen) atoms. The first kappa shape index (κ1) is 20.2. The molecule has 6 nitrogen and oxygen atoms in total. The number of carboxylic acids is 1. The number of benzene rings is 2. The summed E-state index contributed by atoms with van der Waals surface area (Å²) >= 11 is 0. The van der Waals surface area contributed by atoms with Crippen LogP contribution in [0.3, 0.4) is 0 Å². The second-order valence-corrected chi connectivity index (χ2v) is 6.76. The van der Waals surface area contributed by atoms with Crippen molar-refractivity contribution >= 4 is 23.0 Å². The standard InChI is InChI=1S/C16H17NO.C7H8N2O2/c1-12-3-6-14(7-4-12)17(2)15-8-5-13-9-10-18-16(13)11-15;1-8-6-4-9-3-2-5(6)7(10)11/h3-8,11H,9-10H2,1-2H3;2-4,8H,1H3,(H,10,11). The first-order valence-electron chi connectivity index (χ1n) is 9.40. The molecular weight excluding hydrogens is 366 g/mol. The number of aromatic carboxylic acids is 1. The minimum absolute atomic E-state index is 0.238. The summed E-state index contributed by atoms with van der Waals surface area (Å²) in [7, 11) is 3.74. The number of anilines is 3. The second-order valence-electron chi connectivity index (χ2n) is 6.76. The fourth-order valence-corrected chi connectivity index (χ4v) is 3.06. The minimum atomic E-state index is -0.947. The van der Waals surface area contributed by atoms with Gasteiger partial charge in [-0.3, -0.25) is 4.98 Å². The fraction of sp³-hybridized carbons (Fsp3) is 0.217. The maximum atomic E-state index is 10.5. The first-order valence-corrected chi connectivity index (χ1v) is 9.40. The van der Waals surface area contributed by atoms with E-state index < -0.39 is 5.97 Å². The fourth-order valence-electron chi connectivity index (χ4n) is 3.06. The van der Waals surface area contributed by atoms with Crippen molar-refractivity contribution in [2.24, 2.45) is 0 Å². The van der Waals surface area contributed by atoms with Gasteiger partial charge in [-0.2, -0.15) is 0 Å². The van der Waals surface area contributed by atoms with Gasteiger partial charge in [-0.15, -0.1) is 0 Å². The summed E-state index contributed by atoms with van der Waals surface area (Å²) in [5.74, 6) is 0.0863. The summed E-state index contributed by atoms with van der Waals surface area (Å²) in [6.07, 6.45) is 3.96. The molecule has 0 amide bonds. The Kier molecular flexibility index (Phi) is 6.34. The van der Waals surface area contributed by atoms with Crippen LogP contribution < -0.4 is 15.0 Å². The summed E-state index contributed by atoms with van der Waals surface area (Å²) in [6.45, 7) is 2.92. The normalized spacial score (nSPS) is 11.6. The van der Waals surface area contributed by atoms with Crippen molar-refractivity contribution in [1.82, 2.24) is 4.98 Å². The lowest BCUT2D eigenvalue weighted by Crippen LogP contribution is -2.09. The maximum absolute atomic E-state index is 10.5. The highest BCUT2D eigenvalue weighted by Gasteiger charge is 2.14. The van der Waals surface area contributed by atoms with Gasteiger partial charge in [0.25, 0.3) is 0 Å². The number of carbonyl (C=O) groups is 1. The van der Waals surface area contributed by atoms with Crippen molar-refractivity contribution in [2.45, 2.75) is 13.3 Å². The van der Waals surface area contributed by atoms with E-state index in [1.54, 1.807) is 7.05 Å². The monoisotopic (exact) mass is 391 g/mol. The van der Waals surface area contributed by atoms with Crippen LogP contribution in [0.1, 0.15) is 21.5 Å². The lowest BCUT2D eigenvalue weighted by atomic mass is 10.1. The average Bonchev–Trinajstić information content (AvgIpc) is 3.22. The van der Waals surface area contributed by atoms with Crippen LogP contribution in [0, 0.1) is 6.92 Å². The Morgan fingerprint density at radius 1 is 1.14 bits per heavy atom. The van der Waals surface area contributed by atoms with Crippen molar-refractivity contribution in [2.75, 3.05) is 30.9 Å². The van der Waals surface area contributed by atoms with Crippen LogP contribution in [0.4, 0.5) is 17.1 Å². The molecular formula is C23H25N3O3. The molecule has 0 aliphatic carbocycles. The highest BCUT2D eigenvalue weighted by molar-refractivity contribution is 5.93. The molecule has 6 heteroatoms. The SMILES string of the molecule is CNc1cnccc1C(=O)O.Cc1ccc(N(C)c2ccc3c(c2)OCC3)cc1. The van der Waals surface area contributed by atoms with Crippen LogP contribution in [0.25, 0.3) is 0 Å². The van der Waals surface area contributed by atoms with Crippen LogP contribution in [0.2, 0.25) is 0 Å². The van der Waals surface area contributed by atoms with E-state index >= 15 is 0 Å². The van der Waals surface area contributed by atoms with Crippen LogP contribution in [-0.4, -0.2) is 36.8 Å². The second kappa shape index (κ2) is 9.10. The number of aryl methyl sites for hydroxylation is 1. The summed E-state index contributed by atoms with van der Waals surface area (Å²) in [5.41, 5.74) is 5.72. The molecule has 0 fully saturated rings. The van der Waals surface area contributed by atoms with Gasteiger partial charge in [-0.1, -0.05) is 23.8 Å². The number of rotatable bonds is 4. The van der Waals surface area contributed by atoms with E-state index in [9.17, 15) is 4.79 Å². The van der Waals surface area contributed by atoms with E-state index in [1.807, 2.05) is 0 Å². The van der Waals surface area contributed by atoms with Gasteiger partial charge in [0.2, 0.25) is 0 Å². The summed E-state index contributed by atoms with van der Waals surface area (Å²) in [5, 5.41) is 11.4. The predicted molar refractivity (Wildman–Crippen MR) is 116 cm³/mol. The molecule has 0 spiro atoms. The van der Waals surface area contributed by atoms with Gasteiger partial charge in [0.1, 0.15) is 5.75 Å². The number of ether oxygens (including phenoxy) is 1. The number of hydrogen-bond donors (Lipinski definition) is 2. The Bertz CT molecular complexity index is 987. The third-order valence-corrected chi connectivity index (χ3v) is 4.81. The molecule has 0 atom stereocenters. The van der Waals surface area contributed by atoms with Crippen LogP contribution >= 0.6 is 0 Å². The van der Waals surface area contributed by atoms with E-state index in [-0.39, 0.29) is 5.56 Å². The average molecular weight is 391 g/mol. The summed E-state index contributed by atoms with van der Waals surface area (Å²) < 4.78 is 5.62. The lowest BCUT2D eigenvalue weighted by Gasteiger charge is -2.20. The molecule has 2 heterocycles. The number of nitrogens with one attached hydrogen (secondary N) is 1. The molecule has 3 aromatic rings. The first-order chi connectivity index (χ1) is 14.0. The summed E-state index contributed by atoms with van der Waals surface area (Å²) in [4.78, 5) is 16.5. The number of carboxylic acid groups (broad SMARTS) is 1. The molecule has 1 aromatic heterocycles. The highest BCUT2D eigenvalue weighted by Crippen LogP contribution is 2.32. The van der Waals surface area contributed by atoms with Crippen molar-refractivity contribution < 1.29 is 14.6 Å². The molecule has 1 aliphatic rings. The zero-order chi connectivity index (χ0) is 20.8. The van der Waals surface area contributed by atoms with Crippen molar-refractivity contribution in [3.05, 3.63) is 77.6 Å². The number of aromatic nitrogens is 1. The van der Waals surface area contributed by atoms with Gasteiger partial charge >= 0.3 is 5.97 Å². The van der Waals surface area contributed by atoms with Gasteiger partial charge in [-0.25, -0.2) is 4.79 Å². The molecule has 0 unspecified atom stereocenters. The molecule has 2 aromatic carbocycles. The number of pyridine rings is 1. The molecule has 0 saturated heterocycles. The van der Waals surface area contributed by atoms with Crippen LogP contribution in [0.5, 0.6) is 5.75 Å². The largest absolute Gasteiger partial charge is 0.493 e. The summed E-state index contributed by atoms with van der Waals surface area (Å²) in [6, 6.07) is 16.5. The molecule has 0 saturated carbocycles. The number of nitrogens with zero attached hydrogens (tertiary/aromatic N) is 2. The Hall–Kier alpha value is -3.54. The maximum Gasteiger partial charge on any atom is 0.337 e. The lowest BCUT2D eigenvalue weighted by molar-refractivity contribution is 0.0698. The van der Waals surface area contributed by atoms with Gasteiger partial charge in [0, 0.05) is 44.2 Å². The zero-order valence-corrected chi connectivity index (χ0v) is 16.8. The van der Waals surface area contributed by atoms with Crippen molar-refractivity contribution in [3.63, 3.8) is 0 Å². The van der Waals surface area contributed by atoms with Gasteiger partial charge in [-0.05, 0) is 36.8 Å². The van der Waals surface area contributed by atoms with Crippen LogP contribution in [0.15, 0.2) is 60.9 Å². The smallest absolute Gasteiger partial charge is 0.337 e. The van der Waals surface area contributed by atoms with Crippen LogP contribution in [-0.2, 0) is 6.42 Å². The van der Waals surface area contributed by atoms with Crippen molar-refractivity contribution in [3.8, 4) is 5.75 Å². The number of fused-ring (bicyclic) bond motifs is 1. The van der Waals surface area contributed by atoms with E-state index in [0.29, 0.717) is 5.69 Å². The molecule has 0 radical (unpaired) electrons. The van der Waals surface area contributed by atoms with Gasteiger partial charge in [0.15, 0.2) is 0 Å². The Morgan fingerprint density at radius 3 is 2.52 bits per heavy atom. The molecule has 1 aliphatic heterocycles. The van der Waals surface area contributed by atoms with E-state index in [2.05, 4.69) is 71.6 Å². The minimum Gasteiger partial charge on any atom is -0.493 e. The molecule has 2 N–H and O–H groups in total. The quantitative estimate of drug-likeness (QED) is 0.681. The predicted octanol–water partition coefficient (Wildman–Crippen LogP) is 4.52. The molecule has 4 rings (SSSR count). The van der Waals surface area contributed by atoms with Crippen molar-refractivity contribution in [1.29, 1.82) is 0 Å². The van der Waals surface area contributed by atoms with E-state index in [0.717, 1.165) is 18.8 Å². The Balaban J connectivity index is 0.000000188. The van der Waals surface area contributed by atoms with Gasteiger partial charge < -0.3 is 20.1 Å². The number of hydrogen-bond acceptors (Lipinski definition) is 5. The molecule has 150 valence electrons. The third kappa shape index (κ3) is 4.85. The Morgan fingerprint density at radius 2 is 1.86 bits per heavy atom. The topological polar surface area (TPSA) is 74.7 Å². The molecule has 0 bridgehead atoms. The highest BCUT2D eigenvalue weighted by atomic mass is 16.5. The third-order valence-electron chi connectivity index (χ3n) is 4.81. The Labute approximate surface area is 170 Å². The zero-order valence-electron chi connectivity index (χ0n) is 16.8. The van der Waals surface area contributed by atoms with Gasteiger partial charge in [0.05, 0.1) is 24.1 Å².